The average molecular weight is 203 g/mol. The summed E-state index contributed by atoms with van der Waals surface area (Å²) in [7, 11) is 0. The van der Waals surface area contributed by atoms with Gasteiger partial charge in [-0.25, -0.2) is 4.79 Å². The van der Waals surface area contributed by atoms with Crippen LogP contribution in [0, 0.1) is 5.92 Å². The number of ether oxygens (including phenoxy) is 1. The molecule has 0 aromatic rings. The minimum absolute atomic E-state index is 0.134. The summed E-state index contributed by atoms with van der Waals surface area (Å²) in [5.74, 6) is -0.728. The molecule has 0 amide bonds. The lowest BCUT2D eigenvalue weighted by Gasteiger charge is -2.32. The van der Waals surface area contributed by atoms with Crippen molar-refractivity contribution in [3.05, 3.63) is 0 Å². The van der Waals surface area contributed by atoms with Crippen LogP contribution in [0.15, 0.2) is 0 Å². The minimum atomic E-state index is -0.911. The number of hydrogen-bond acceptors (Lipinski definition) is 4. The highest BCUT2D eigenvalue weighted by Crippen LogP contribution is 2.07. The summed E-state index contributed by atoms with van der Waals surface area (Å²) in [5.41, 5.74) is 0. The van der Waals surface area contributed by atoms with E-state index in [2.05, 4.69) is 0 Å². The van der Waals surface area contributed by atoms with Gasteiger partial charge in [-0.05, 0) is 5.92 Å². The van der Waals surface area contributed by atoms with E-state index in [1.807, 2.05) is 11.8 Å². The number of hydrogen-bond donors (Lipinski definition) is 2. The van der Waals surface area contributed by atoms with Crippen molar-refractivity contribution in [1.82, 2.24) is 4.90 Å². The van der Waals surface area contributed by atoms with Gasteiger partial charge in [-0.15, -0.1) is 0 Å². The van der Waals surface area contributed by atoms with Crippen molar-refractivity contribution in [3.8, 4) is 0 Å². The van der Waals surface area contributed by atoms with Crippen molar-refractivity contribution < 1.29 is 19.7 Å². The number of carboxylic acid groups (broad SMARTS) is 1. The zero-order valence-corrected chi connectivity index (χ0v) is 8.35. The maximum atomic E-state index is 10.7. The van der Waals surface area contributed by atoms with Gasteiger partial charge >= 0.3 is 5.97 Å². The monoisotopic (exact) mass is 203 g/mol. The molecule has 1 saturated heterocycles. The number of aliphatic carboxylic acids is 1. The Morgan fingerprint density at radius 2 is 2.43 bits per heavy atom. The van der Waals surface area contributed by atoms with Crippen LogP contribution in [0.3, 0.4) is 0 Å². The van der Waals surface area contributed by atoms with Crippen molar-refractivity contribution in [2.45, 2.75) is 13.0 Å². The lowest BCUT2D eigenvalue weighted by molar-refractivity contribution is -0.156. The van der Waals surface area contributed by atoms with E-state index in [0.717, 1.165) is 13.1 Å². The van der Waals surface area contributed by atoms with Crippen LogP contribution in [0.25, 0.3) is 0 Å². The van der Waals surface area contributed by atoms with Crippen molar-refractivity contribution in [1.29, 1.82) is 0 Å². The molecule has 5 nitrogen and oxygen atoms in total. The second-order valence-electron chi connectivity index (χ2n) is 3.74. The molecule has 2 unspecified atom stereocenters. The number of carbonyl (C=O) groups is 1. The van der Waals surface area contributed by atoms with E-state index in [1.165, 1.54) is 0 Å². The lowest BCUT2D eigenvalue weighted by Crippen LogP contribution is -2.47. The number of morpholine rings is 1. The molecule has 0 aliphatic carbocycles. The predicted molar refractivity (Wildman–Crippen MR) is 50.1 cm³/mol. The molecule has 1 aliphatic rings. The molecule has 1 heterocycles. The van der Waals surface area contributed by atoms with E-state index < -0.39 is 12.1 Å². The molecule has 0 saturated carbocycles. The van der Waals surface area contributed by atoms with Gasteiger partial charge in [0.1, 0.15) is 0 Å². The van der Waals surface area contributed by atoms with Crippen LogP contribution in [0.5, 0.6) is 0 Å². The largest absolute Gasteiger partial charge is 0.479 e. The van der Waals surface area contributed by atoms with E-state index in [9.17, 15) is 4.79 Å². The SMILES string of the molecule is CC(CO)CN1CCOC(C(=O)O)C1. The van der Waals surface area contributed by atoms with Crippen LogP contribution < -0.4 is 0 Å². The summed E-state index contributed by atoms with van der Waals surface area (Å²) in [5, 5.41) is 17.6. The first-order valence-electron chi connectivity index (χ1n) is 4.81. The van der Waals surface area contributed by atoms with Gasteiger partial charge in [0.25, 0.3) is 0 Å². The Bertz CT molecular complexity index is 197. The summed E-state index contributed by atoms with van der Waals surface area (Å²) in [6.45, 7) is 4.41. The van der Waals surface area contributed by atoms with Gasteiger partial charge in [0.15, 0.2) is 6.10 Å². The molecular formula is C9H17NO4. The van der Waals surface area contributed by atoms with Crippen LogP contribution in [-0.2, 0) is 9.53 Å². The number of nitrogens with zero attached hydrogens (tertiary/aromatic N) is 1. The van der Waals surface area contributed by atoms with Crippen LogP contribution in [0.1, 0.15) is 6.92 Å². The zero-order valence-electron chi connectivity index (χ0n) is 8.35. The summed E-state index contributed by atoms with van der Waals surface area (Å²) in [6, 6.07) is 0. The van der Waals surface area contributed by atoms with E-state index in [4.69, 9.17) is 14.9 Å². The van der Waals surface area contributed by atoms with Crippen LogP contribution in [0.4, 0.5) is 0 Å². The Labute approximate surface area is 83.3 Å². The molecule has 2 N–H and O–H groups in total. The van der Waals surface area contributed by atoms with Gasteiger partial charge in [-0.2, -0.15) is 0 Å². The number of rotatable bonds is 4. The zero-order chi connectivity index (χ0) is 10.6. The van der Waals surface area contributed by atoms with Gasteiger partial charge in [0, 0.05) is 26.2 Å². The summed E-state index contributed by atoms with van der Waals surface area (Å²) in [4.78, 5) is 12.7. The highest BCUT2D eigenvalue weighted by Gasteiger charge is 2.26. The fraction of sp³-hybridized carbons (Fsp3) is 0.889. The molecule has 1 aliphatic heterocycles. The first-order chi connectivity index (χ1) is 6.63. The Morgan fingerprint density at radius 1 is 1.71 bits per heavy atom. The van der Waals surface area contributed by atoms with Gasteiger partial charge < -0.3 is 14.9 Å². The maximum absolute atomic E-state index is 10.7. The number of aliphatic hydroxyl groups is 1. The second kappa shape index (κ2) is 5.29. The third-order valence-corrected chi connectivity index (χ3v) is 2.31. The van der Waals surface area contributed by atoms with E-state index >= 15 is 0 Å². The van der Waals surface area contributed by atoms with Crippen LogP contribution >= 0.6 is 0 Å². The lowest BCUT2D eigenvalue weighted by atomic mass is 10.1. The molecule has 0 radical (unpaired) electrons. The van der Waals surface area contributed by atoms with Crippen molar-refractivity contribution in [2.75, 3.05) is 32.8 Å². The highest BCUT2D eigenvalue weighted by molar-refractivity contribution is 5.72. The van der Waals surface area contributed by atoms with Gasteiger partial charge in [0.2, 0.25) is 0 Å². The normalized spacial score (nSPS) is 26.0. The smallest absolute Gasteiger partial charge is 0.334 e. The Balaban J connectivity index is 2.36. The molecule has 2 atom stereocenters. The topological polar surface area (TPSA) is 70.0 Å². The molecule has 0 aromatic heterocycles. The fourth-order valence-corrected chi connectivity index (χ4v) is 1.52. The number of aliphatic hydroxyl groups excluding tert-OH is 1. The molecule has 5 heteroatoms. The minimum Gasteiger partial charge on any atom is -0.479 e. The molecular weight excluding hydrogens is 186 g/mol. The molecule has 0 bridgehead atoms. The summed E-state index contributed by atoms with van der Waals surface area (Å²) >= 11 is 0. The van der Waals surface area contributed by atoms with Crippen LogP contribution in [-0.4, -0.2) is 60.0 Å². The van der Waals surface area contributed by atoms with E-state index in [-0.39, 0.29) is 12.5 Å². The standard InChI is InChI=1S/C9H17NO4/c1-7(6-11)4-10-2-3-14-8(5-10)9(12)13/h7-8,11H,2-6H2,1H3,(H,12,13). The first kappa shape index (κ1) is 11.4. The molecule has 0 aromatic carbocycles. The average Bonchev–Trinajstić information content (AvgIpc) is 2.18. The van der Waals surface area contributed by atoms with Gasteiger partial charge in [0.05, 0.1) is 6.61 Å². The summed E-state index contributed by atoms with van der Waals surface area (Å²) in [6.07, 6.45) is -0.713. The fourth-order valence-electron chi connectivity index (χ4n) is 1.52. The first-order valence-corrected chi connectivity index (χ1v) is 4.81. The Kier molecular flexibility index (Phi) is 4.31. The van der Waals surface area contributed by atoms with Crippen molar-refractivity contribution >= 4 is 5.97 Å². The molecule has 0 spiro atoms. The van der Waals surface area contributed by atoms with E-state index in [1.54, 1.807) is 0 Å². The molecule has 1 fully saturated rings. The number of carboxylic acids is 1. The Hall–Kier alpha value is -0.650. The predicted octanol–water partition coefficient (Wildman–Crippen LogP) is -0.600. The quantitative estimate of drug-likeness (QED) is 0.638. The molecule has 1 rings (SSSR count). The molecule has 82 valence electrons. The van der Waals surface area contributed by atoms with Gasteiger partial charge in [-0.1, -0.05) is 6.92 Å². The highest BCUT2D eigenvalue weighted by atomic mass is 16.5. The van der Waals surface area contributed by atoms with Crippen molar-refractivity contribution in [2.24, 2.45) is 5.92 Å². The van der Waals surface area contributed by atoms with Gasteiger partial charge in [-0.3, -0.25) is 4.90 Å². The van der Waals surface area contributed by atoms with Crippen molar-refractivity contribution in [3.63, 3.8) is 0 Å². The summed E-state index contributed by atoms with van der Waals surface area (Å²) < 4.78 is 5.08. The third-order valence-electron chi connectivity index (χ3n) is 2.31. The van der Waals surface area contributed by atoms with E-state index in [0.29, 0.717) is 13.2 Å². The van der Waals surface area contributed by atoms with Crippen LogP contribution in [0.2, 0.25) is 0 Å². The molecule has 14 heavy (non-hydrogen) atoms. The third kappa shape index (κ3) is 3.25. The second-order valence-corrected chi connectivity index (χ2v) is 3.74. The maximum Gasteiger partial charge on any atom is 0.334 e. The Morgan fingerprint density at radius 3 is 3.00 bits per heavy atom.